The molecule has 0 spiro atoms. The van der Waals surface area contributed by atoms with Crippen molar-refractivity contribution in [1.29, 1.82) is 0 Å². The van der Waals surface area contributed by atoms with Gasteiger partial charge in [0.25, 0.3) is 0 Å². The van der Waals surface area contributed by atoms with Crippen molar-refractivity contribution in [2.24, 2.45) is 5.73 Å². The van der Waals surface area contributed by atoms with E-state index in [1.165, 1.54) is 7.11 Å². The van der Waals surface area contributed by atoms with Crippen LogP contribution in [0.1, 0.15) is 37.9 Å². The second kappa shape index (κ2) is 4.86. The largest absolute Gasteiger partial charge is 0.504 e. The summed E-state index contributed by atoms with van der Waals surface area (Å²) >= 11 is 0. The number of rotatable bonds is 3. The van der Waals surface area contributed by atoms with E-state index >= 15 is 0 Å². The van der Waals surface area contributed by atoms with Crippen molar-refractivity contribution in [1.82, 2.24) is 0 Å². The molecule has 18 heavy (non-hydrogen) atoms. The number of carboxylic acid groups (broad SMARTS) is 1. The van der Waals surface area contributed by atoms with E-state index < -0.39 is 12.0 Å². The lowest BCUT2D eigenvalue weighted by Crippen LogP contribution is -2.22. The fourth-order valence-corrected chi connectivity index (χ4v) is 1.59. The number of carboxylic acids is 1. The Balaban J connectivity index is 3.46. The van der Waals surface area contributed by atoms with Crippen LogP contribution in [0.15, 0.2) is 12.1 Å². The monoisotopic (exact) mass is 253 g/mol. The van der Waals surface area contributed by atoms with Crippen LogP contribution in [0.5, 0.6) is 11.5 Å². The number of nitrogens with two attached hydrogens (primary N) is 1. The number of benzene rings is 1. The molecule has 0 aliphatic rings. The number of aliphatic carboxylic acids is 1. The lowest BCUT2D eigenvalue weighted by molar-refractivity contribution is -0.138. The van der Waals surface area contributed by atoms with Crippen LogP contribution in [-0.4, -0.2) is 23.3 Å². The molecule has 1 rings (SSSR count). The molecule has 5 nitrogen and oxygen atoms in total. The number of aromatic hydroxyl groups is 1. The molecule has 0 saturated heterocycles. The zero-order valence-corrected chi connectivity index (χ0v) is 11.0. The Morgan fingerprint density at radius 1 is 1.39 bits per heavy atom. The smallest absolute Gasteiger partial charge is 0.325 e. The molecule has 1 aromatic carbocycles. The Hall–Kier alpha value is -1.75. The summed E-state index contributed by atoms with van der Waals surface area (Å²) in [4.78, 5) is 10.9. The molecular weight excluding hydrogens is 234 g/mol. The molecule has 100 valence electrons. The minimum Gasteiger partial charge on any atom is -0.504 e. The maximum Gasteiger partial charge on any atom is 0.325 e. The van der Waals surface area contributed by atoms with Crippen LogP contribution >= 0.6 is 0 Å². The third-order valence-electron chi connectivity index (χ3n) is 2.79. The van der Waals surface area contributed by atoms with Crippen LogP contribution in [0.3, 0.4) is 0 Å². The van der Waals surface area contributed by atoms with E-state index in [2.05, 4.69) is 0 Å². The molecule has 0 amide bonds. The Morgan fingerprint density at radius 3 is 2.33 bits per heavy atom. The minimum absolute atomic E-state index is 0.159. The van der Waals surface area contributed by atoms with Gasteiger partial charge < -0.3 is 20.7 Å². The van der Waals surface area contributed by atoms with Crippen molar-refractivity contribution in [3.8, 4) is 11.5 Å². The molecule has 0 unspecified atom stereocenters. The zero-order valence-electron chi connectivity index (χ0n) is 11.0. The number of methoxy groups -OCH3 is 1. The lowest BCUT2D eigenvalue weighted by atomic mass is 9.85. The molecule has 4 N–H and O–H groups in total. The molecule has 5 heteroatoms. The number of phenolic OH excluding ortho intramolecular Hbond substituents is 1. The fraction of sp³-hybridized carbons (Fsp3) is 0.462. The Kier molecular flexibility index (Phi) is 3.86. The van der Waals surface area contributed by atoms with Crippen LogP contribution in [0.4, 0.5) is 0 Å². The van der Waals surface area contributed by atoms with Gasteiger partial charge in [-0.25, -0.2) is 0 Å². The molecule has 1 aromatic rings. The summed E-state index contributed by atoms with van der Waals surface area (Å²) in [5.74, 6) is -1.19. The summed E-state index contributed by atoms with van der Waals surface area (Å²) in [7, 11) is 1.41. The topological polar surface area (TPSA) is 92.8 Å². The van der Waals surface area contributed by atoms with Gasteiger partial charge in [0, 0.05) is 5.56 Å². The molecule has 0 heterocycles. The molecular formula is C13H19NO4. The van der Waals surface area contributed by atoms with Gasteiger partial charge in [-0.05, 0) is 23.1 Å². The van der Waals surface area contributed by atoms with E-state index in [1.807, 2.05) is 20.8 Å². The van der Waals surface area contributed by atoms with Crippen molar-refractivity contribution < 1.29 is 19.7 Å². The predicted molar refractivity (Wildman–Crippen MR) is 67.9 cm³/mol. The van der Waals surface area contributed by atoms with Crippen molar-refractivity contribution in [3.05, 3.63) is 23.3 Å². The molecule has 0 radical (unpaired) electrons. The average Bonchev–Trinajstić information content (AvgIpc) is 2.26. The first-order valence-corrected chi connectivity index (χ1v) is 5.58. The van der Waals surface area contributed by atoms with Crippen LogP contribution in [0.2, 0.25) is 0 Å². The van der Waals surface area contributed by atoms with Gasteiger partial charge in [-0.3, -0.25) is 4.79 Å². The Labute approximate surface area is 106 Å². The normalized spacial score (nSPS) is 13.2. The summed E-state index contributed by atoms with van der Waals surface area (Å²) < 4.78 is 5.05. The number of hydrogen-bond donors (Lipinski definition) is 3. The first kappa shape index (κ1) is 14.3. The van der Waals surface area contributed by atoms with E-state index in [1.54, 1.807) is 12.1 Å². The zero-order chi connectivity index (χ0) is 14.1. The van der Waals surface area contributed by atoms with Crippen molar-refractivity contribution in [3.63, 3.8) is 0 Å². The fourth-order valence-electron chi connectivity index (χ4n) is 1.59. The first-order valence-electron chi connectivity index (χ1n) is 5.58. The number of hydrogen-bond acceptors (Lipinski definition) is 4. The maximum atomic E-state index is 10.9. The number of carbonyl (C=O) groups is 1. The highest BCUT2D eigenvalue weighted by Crippen LogP contribution is 2.38. The SMILES string of the molecule is COc1cc(C(C)(C)C)cc([C@H](N)C(=O)O)c1O. The Morgan fingerprint density at radius 2 is 1.94 bits per heavy atom. The van der Waals surface area contributed by atoms with E-state index in [0.29, 0.717) is 0 Å². The molecule has 0 aromatic heterocycles. The second-order valence-corrected chi connectivity index (χ2v) is 5.18. The van der Waals surface area contributed by atoms with E-state index in [4.69, 9.17) is 15.6 Å². The van der Waals surface area contributed by atoms with Gasteiger partial charge in [0.1, 0.15) is 6.04 Å². The van der Waals surface area contributed by atoms with Crippen molar-refractivity contribution >= 4 is 5.97 Å². The standard InChI is InChI=1S/C13H19NO4/c1-13(2,3)7-5-8(10(14)12(16)17)11(15)9(6-7)18-4/h5-6,10,15H,14H2,1-4H3,(H,16,17)/t10-/m0/s1. The van der Waals surface area contributed by atoms with E-state index in [9.17, 15) is 9.90 Å². The van der Waals surface area contributed by atoms with Gasteiger partial charge >= 0.3 is 5.97 Å². The average molecular weight is 253 g/mol. The summed E-state index contributed by atoms with van der Waals surface area (Å²) in [5.41, 5.74) is 6.37. The second-order valence-electron chi connectivity index (χ2n) is 5.18. The van der Waals surface area contributed by atoms with Gasteiger partial charge in [0.15, 0.2) is 11.5 Å². The van der Waals surface area contributed by atoms with Crippen molar-refractivity contribution in [2.75, 3.05) is 7.11 Å². The molecule has 0 saturated carbocycles. The molecule has 1 atom stereocenters. The van der Waals surface area contributed by atoms with Gasteiger partial charge in [-0.1, -0.05) is 20.8 Å². The lowest BCUT2D eigenvalue weighted by Gasteiger charge is -2.22. The summed E-state index contributed by atoms with van der Waals surface area (Å²) in [6.07, 6.45) is 0. The van der Waals surface area contributed by atoms with Crippen LogP contribution in [-0.2, 0) is 10.2 Å². The molecule has 0 aliphatic heterocycles. The number of phenols is 1. The van der Waals surface area contributed by atoms with Crippen molar-refractivity contribution in [2.45, 2.75) is 32.2 Å². The third kappa shape index (κ3) is 2.73. The van der Waals surface area contributed by atoms with Crippen LogP contribution in [0, 0.1) is 0 Å². The van der Waals surface area contributed by atoms with Gasteiger partial charge in [-0.15, -0.1) is 0 Å². The van der Waals surface area contributed by atoms with Gasteiger partial charge in [0.05, 0.1) is 7.11 Å². The Bertz CT molecular complexity index is 463. The summed E-state index contributed by atoms with van der Waals surface area (Å²) in [5, 5.41) is 18.9. The number of ether oxygens (including phenoxy) is 1. The van der Waals surface area contributed by atoms with E-state index in [-0.39, 0.29) is 22.5 Å². The maximum absolute atomic E-state index is 10.9. The molecule has 0 bridgehead atoms. The highest BCUT2D eigenvalue weighted by Gasteiger charge is 2.25. The highest BCUT2D eigenvalue weighted by molar-refractivity contribution is 5.77. The third-order valence-corrected chi connectivity index (χ3v) is 2.79. The highest BCUT2D eigenvalue weighted by atomic mass is 16.5. The quantitative estimate of drug-likeness (QED) is 0.763. The van der Waals surface area contributed by atoms with E-state index in [0.717, 1.165) is 5.56 Å². The molecule has 0 fully saturated rings. The molecule has 0 aliphatic carbocycles. The predicted octanol–water partition coefficient (Wildman–Crippen LogP) is 1.78. The first-order chi connectivity index (χ1) is 8.18. The minimum atomic E-state index is -1.28. The van der Waals surface area contributed by atoms with Gasteiger partial charge in [0.2, 0.25) is 0 Å². The summed E-state index contributed by atoms with van der Waals surface area (Å²) in [6.45, 7) is 5.94. The summed E-state index contributed by atoms with van der Waals surface area (Å²) in [6, 6.07) is 2.02. The van der Waals surface area contributed by atoms with Crippen LogP contribution in [0.25, 0.3) is 0 Å². The van der Waals surface area contributed by atoms with Gasteiger partial charge in [-0.2, -0.15) is 0 Å². The van der Waals surface area contributed by atoms with Crippen LogP contribution < -0.4 is 10.5 Å².